The maximum absolute atomic E-state index is 14.1. The molecule has 0 unspecified atom stereocenters. The Kier molecular flexibility index (Phi) is 4.36. The third kappa shape index (κ3) is 3.28. The van der Waals surface area contributed by atoms with Crippen LogP contribution in [0, 0.1) is 5.82 Å². The first kappa shape index (κ1) is 19.1. The van der Waals surface area contributed by atoms with E-state index in [2.05, 4.69) is 30.1 Å². The number of methoxy groups -OCH3 is 1. The zero-order chi connectivity index (χ0) is 22.4. The second-order valence-electron chi connectivity index (χ2n) is 7.65. The Hall–Kier alpha value is -4.59. The number of aromatic nitrogens is 6. The Morgan fingerprint density at radius 3 is 2.67 bits per heavy atom. The van der Waals surface area contributed by atoms with Crippen LogP contribution in [-0.4, -0.2) is 37.2 Å². The molecule has 33 heavy (non-hydrogen) atoms. The molecule has 7 nitrogen and oxygen atoms in total. The summed E-state index contributed by atoms with van der Waals surface area (Å²) in [7, 11) is 1.52. The number of aromatic amines is 2. The normalized spacial score (nSPS) is 11.3. The van der Waals surface area contributed by atoms with Gasteiger partial charge in [0.2, 0.25) is 0 Å². The summed E-state index contributed by atoms with van der Waals surface area (Å²) in [6, 6.07) is 12.5. The molecule has 0 saturated heterocycles. The van der Waals surface area contributed by atoms with Gasteiger partial charge in [0.1, 0.15) is 17.3 Å². The Morgan fingerprint density at radius 1 is 0.879 bits per heavy atom. The fourth-order valence-corrected chi connectivity index (χ4v) is 4.04. The molecule has 0 aliphatic carbocycles. The minimum atomic E-state index is -0.371. The van der Waals surface area contributed by atoms with Crippen LogP contribution in [0.15, 0.2) is 73.4 Å². The van der Waals surface area contributed by atoms with Crippen molar-refractivity contribution in [2.45, 2.75) is 0 Å². The zero-order valence-corrected chi connectivity index (χ0v) is 17.5. The van der Waals surface area contributed by atoms with Crippen molar-refractivity contribution in [1.82, 2.24) is 30.1 Å². The highest BCUT2D eigenvalue weighted by molar-refractivity contribution is 6.00. The predicted molar refractivity (Wildman–Crippen MR) is 124 cm³/mol. The number of hydrogen-bond acceptors (Lipinski definition) is 5. The highest BCUT2D eigenvalue weighted by atomic mass is 19.1. The minimum absolute atomic E-state index is 0.371. The van der Waals surface area contributed by atoms with E-state index in [0.29, 0.717) is 17.0 Å². The number of nitrogens with one attached hydrogen (secondary N) is 2. The molecule has 0 radical (unpaired) electrons. The largest absolute Gasteiger partial charge is 0.497 e. The topological polar surface area (TPSA) is 92.4 Å². The number of halogens is 1. The molecule has 0 fully saturated rings. The third-order valence-electron chi connectivity index (χ3n) is 5.63. The lowest BCUT2D eigenvalue weighted by molar-refractivity contribution is 0.411. The van der Waals surface area contributed by atoms with E-state index in [9.17, 15) is 4.39 Å². The van der Waals surface area contributed by atoms with Gasteiger partial charge in [-0.2, -0.15) is 5.10 Å². The maximum Gasteiger partial charge on any atom is 0.155 e. The van der Waals surface area contributed by atoms with Crippen LogP contribution in [0.2, 0.25) is 0 Å². The molecule has 5 aromatic heterocycles. The van der Waals surface area contributed by atoms with E-state index in [1.807, 2.05) is 24.3 Å². The summed E-state index contributed by atoms with van der Waals surface area (Å²) in [5.74, 6) is 0.0782. The monoisotopic (exact) mass is 436 g/mol. The van der Waals surface area contributed by atoms with Gasteiger partial charge in [-0.3, -0.25) is 15.1 Å². The molecule has 8 heteroatoms. The fraction of sp³-hybridized carbons (Fsp3) is 0.0400. The van der Waals surface area contributed by atoms with E-state index in [4.69, 9.17) is 4.74 Å². The number of benzene rings is 1. The second kappa shape index (κ2) is 7.52. The molecule has 2 N–H and O–H groups in total. The van der Waals surface area contributed by atoms with Gasteiger partial charge in [-0.25, -0.2) is 9.37 Å². The summed E-state index contributed by atoms with van der Waals surface area (Å²) < 4.78 is 19.4. The van der Waals surface area contributed by atoms with Crippen molar-refractivity contribution in [1.29, 1.82) is 0 Å². The molecule has 6 rings (SSSR count). The summed E-state index contributed by atoms with van der Waals surface area (Å²) in [4.78, 5) is 16.5. The number of rotatable bonds is 4. The first-order valence-electron chi connectivity index (χ1n) is 10.3. The molecule has 5 heterocycles. The van der Waals surface area contributed by atoms with Crippen molar-refractivity contribution in [2.75, 3.05) is 7.11 Å². The molecule has 160 valence electrons. The Labute approximate surface area is 187 Å². The molecular weight excluding hydrogens is 419 g/mol. The minimum Gasteiger partial charge on any atom is -0.497 e. The zero-order valence-electron chi connectivity index (χ0n) is 17.5. The number of ether oxygens (including phenoxy) is 1. The van der Waals surface area contributed by atoms with E-state index in [1.165, 1.54) is 19.2 Å². The average molecular weight is 436 g/mol. The lowest BCUT2D eigenvalue weighted by Crippen LogP contribution is -1.88. The predicted octanol–water partition coefficient (Wildman–Crippen LogP) is 5.38. The van der Waals surface area contributed by atoms with Crippen molar-refractivity contribution < 1.29 is 9.13 Å². The van der Waals surface area contributed by atoms with E-state index < -0.39 is 0 Å². The summed E-state index contributed by atoms with van der Waals surface area (Å²) in [5, 5.41) is 9.29. The van der Waals surface area contributed by atoms with Crippen molar-refractivity contribution in [3.63, 3.8) is 0 Å². The molecule has 0 amide bonds. The van der Waals surface area contributed by atoms with Crippen LogP contribution < -0.4 is 4.74 Å². The molecule has 0 spiro atoms. The van der Waals surface area contributed by atoms with Gasteiger partial charge in [0.25, 0.3) is 0 Å². The van der Waals surface area contributed by atoms with Gasteiger partial charge < -0.3 is 9.72 Å². The van der Waals surface area contributed by atoms with Gasteiger partial charge in [0, 0.05) is 58.3 Å². The number of hydrogen-bond donors (Lipinski definition) is 2. The smallest absolute Gasteiger partial charge is 0.155 e. The maximum atomic E-state index is 14.1. The molecule has 0 atom stereocenters. The standard InChI is InChI=1S/C25H17FN6O/c1-33-18-6-15(5-17(26)8-18)21-12-28-13-23-19(21)9-22(30-23)24-20-7-16(11-29-25(20)32-31-24)14-3-2-4-27-10-14/h2-13,30H,1H3,(H,29,31,32). The van der Waals surface area contributed by atoms with Crippen molar-refractivity contribution in [3.05, 3.63) is 79.3 Å². The average Bonchev–Trinajstić information content (AvgIpc) is 3.47. The fourth-order valence-electron chi connectivity index (χ4n) is 4.04. The SMILES string of the molecule is COc1cc(F)cc(-c2cncc3[nH]c(-c4n[nH]c5ncc(-c6cccnc6)cc45)cc23)c1. The Bertz CT molecular complexity index is 1620. The molecule has 0 saturated carbocycles. The van der Waals surface area contributed by atoms with Gasteiger partial charge in [0.15, 0.2) is 5.65 Å². The van der Waals surface area contributed by atoms with Gasteiger partial charge in [-0.05, 0) is 35.9 Å². The second-order valence-corrected chi connectivity index (χ2v) is 7.65. The van der Waals surface area contributed by atoms with E-state index >= 15 is 0 Å². The molecule has 0 aliphatic heterocycles. The van der Waals surface area contributed by atoms with Crippen molar-refractivity contribution in [2.24, 2.45) is 0 Å². The quantitative estimate of drug-likeness (QED) is 0.387. The number of pyridine rings is 3. The first-order chi connectivity index (χ1) is 16.2. The summed E-state index contributed by atoms with van der Waals surface area (Å²) >= 11 is 0. The van der Waals surface area contributed by atoms with Gasteiger partial charge >= 0.3 is 0 Å². The molecule has 0 bridgehead atoms. The summed E-state index contributed by atoms with van der Waals surface area (Å²) in [6.07, 6.45) is 8.80. The van der Waals surface area contributed by atoms with E-state index in [1.54, 1.807) is 37.1 Å². The van der Waals surface area contributed by atoms with Crippen molar-refractivity contribution >= 4 is 21.9 Å². The highest BCUT2D eigenvalue weighted by Gasteiger charge is 2.16. The summed E-state index contributed by atoms with van der Waals surface area (Å²) in [5.41, 5.74) is 6.44. The van der Waals surface area contributed by atoms with Crippen LogP contribution in [0.25, 0.3) is 55.6 Å². The molecule has 6 aromatic rings. The van der Waals surface area contributed by atoms with Crippen LogP contribution >= 0.6 is 0 Å². The lowest BCUT2D eigenvalue weighted by atomic mass is 10.0. The van der Waals surface area contributed by atoms with Crippen LogP contribution in [0.3, 0.4) is 0 Å². The number of H-pyrrole nitrogens is 2. The Balaban J connectivity index is 1.50. The van der Waals surface area contributed by atoms with Crippen LogP contribution in [-0.2, 0) is 0 Å². The molecule has 0 aliphatic rings. The van der Waals surface area contributed by atoms with Gasteiger partial charge in [-0.15, -0.1) is 0 Å². The van der Waals surface area contributed by atoms with E-state index in [0.717, 1.165) is 44.4 Å². The third-order valence-corrected chi connectivity index (χ3v) is 5.63. The Morgan fingerprint density at radius 2 is 1.82 bits per heavy atom. The molecular formula is C25H17FN6O. The van der Waals surface area contributed by atoms with Gasteiger partial charge in [0.05, 0.1) is 24.5 Å². The van der Waals surface area contributed by atoms with Crippen LogP contribution in [0.1, 0.15) is 0 Å². The van der Waals surface area contributed by atoms with Crippen LogP contribution in [0.4, 0.5) is 4.39 Å². The van der Waals surface area contributed by atoms with Crippen LogP contribution in [0.5, 0.6) is 5.75 Å². The van der Waals surface area contributed by atoms with E-state index in [-0.39, 0.29) is 5.82 Å². The highest BCUT2D eigenvalue weighted by Crippen LogP contribution is 2.35. The first-order valence-corrected chi connectivity index (χ1v) is 10.3. The van der Waals surface area contributed by atoms with Crippen molar-refractivity contribution in [3.8, 4) is 39.4 Å². The molecule has 1 aromatic carbocycles. The number of nitrogens with zero attached hydrogens (tertiary/aromatic N) is 4. The summed E-state index contributed by atoms with van der Waals surface area (Å²) in [6.45, 7) is 0. The lowest BCUT2D eigenvalue weighted by Gasteiger charge is -2.06. The van der Waals surface area contributed by atoms with Gasteiger partial charge in [-0.1, -0.05) is 6.07 Å². The number of fused-ring (bicyclic) bond motifs is 2.